The molecule has 92 valence electrons. The summed E-state index contributed by atoms with van der Waals surface area (Å²) >= 11 is 0. The summed E-state index contributed by atoms with van der Waals surface area (Å²) < 4.78 is 2.01. The normalized spacial score (nSPS) is 11.2. The van der Waals surface area contributed by atoms with Crippen LogP contribution >= 0.6 is 0 Å². The number of hydrogen-bond donors (Lipinski definition) is 2. The largest absolute Gasteiger partial charge is 0.395 e. The summed E-state index contributed by atoms with van der Waals surface area (Å²) in [6.07, 6.45) is 5.00. The molecule has 2 aromatic heterocycles. The second-order valence-electron chi connectivity index (χ2n) is 4.12. The van der Waals surface area contributed by atoms with Crippen molar-refractivity contribution >= 4 is 11.0 Å². The summed E-state index contributed by atoms with van der Waals surface area (Å²) in [7, 11) is 0. The van der Waals surface area contributed by atoms with E-state index >= 15 is 0 Å². The van der Waals surface area contributed by atoms with E-state index in [1.807, 2.05) is 10.6 Å². The Kier molecular flexibility index (Phi) is 4.12. The molecule has 0 spiro atoms. The number of aliphatic hydroxyl groups excluding tert-OH is 1. The molecule has 0 saturated heterocycles. The smallest absolute Gasteiger partial charge is 0.140 e. The van der Waals surface area contributed by atoms with Gasteiger partial charge in [0.1, 0.15) is 5.65 Å². The molecular formula is C13H19N3O. The second-order valence-corrected chi connectivity index (χ2v) is 4.12. The molecule has 0 saturated carbocycles. The maximum Gasteiger partial charge on any atom is 0.140 e. The lowest BCUT2D eigenvalue weighted by atomic mass is 10.2. The standard InChI is InChI=1S/C13H19N3O/c1-2-5-14-9-11-10-16(7-8-17)13-12(11)4-3-6-15-13/h3-4,6,10,14,17H,2,5,7-9H2,1H3. The van der Waals surface area contributed by atoms with E-state index in [9.17, 15) is 0 Å². The first-order chi connectivity index (χ1) is 8.36. The minimum Gasteiger partial charge on any atom is -0.395 e. The minimum atomic E-state index is 0.141. The van der Waals surface area contributed by atoms with Crippen LogP contribution in [0, 0.1) is 0 Å². The lowest BCUT2D eigenvalue weighted by molar-refractivity contribution is 0.277. The molecule has 17 heavy (non-hydrogen) atoms. The number of nitrogens with zero attached hydrogens (tertiary/aromatic N) is 2. The van der Waals surface area contributed by atoms with Crippen LogP contribution in [-0.2, 0) is 13.1 Å². The molecule has 2 N–H and O–H groups in total. The highest BCUT2D eigenvalue weighted by atomic mass is 16.3. The van der Waals surface area contributed by atoms with Crippen LogP contribution in [0.15, 0.2) is 24.5 Å². The summed E-state index contributed by atoms with van der Waals surface area (Å²) in [6.45, 7) is 4.77. The Balaban J connectivity index is 2.28. The molecule has 0 aliphatic heterocycles. The van der Waals surface area contributed by atoms with Gasteiger partial charge in [-0.15, -0.1) is 0 Å². The van der Waals surface area contributed by atoms with Crippen molar-refractivity contribution in [2.75, 3.05) is 13.2 Å². The van der Waals surface area contributed by atoms with Gasteiger partial charge in [-0.2, -0.15) is 0 Å². The van der Waals surface area contributed by atoms with Crippen molar-refractivity contribution in [2.24, 2.45) is 0 Å². The summed E-state index contributed by atoms with van der Waals surface area (Å²) in [5.41, 5.74) is 2.20. The van der Waals surface area contributed by atoms with Crippen LogP contribution in [0.2, 0.25) is 0 Å². The zero-order chi connectivity index (χ0) is 12.1. The Morgan fingerprint density at radius 2 is 2.35 bits per heavy atom. The molecule has 0 bridgehead atoms. The highest BCUT2D eigenvalue weighted by Crippen LogP contribution is 2.18. The van der Waals surface area contributed by atoms with Crippen LogP contribution in [-0.4, -0.2) is 27.8 Å². The number of fused-ring (bicyclic) bond motifs is 1. The number of aromatic nitrogens is 2. The quantitative estimate of drug-likeness (QED) is 0.744. The number of hydrogen-bond acceptors (Lipinski definition) is 3. The molecule has 0 aliphatic rings. The maximum atomic E-state index is 9.04. The first-order valence-corrected chi connectivity index (χ1v) is 6.11. The number of nitrogens with one attached hydrogen (secondary N) is 1. The fourth-order valence-corrected chi connectivity index (χ4v) is 2.01. The van der Waals surface area contributed by atoms with Gasteiger partial charge in [0.15, 0.2) is 0 Å². The summed E-state index contributed by atoms with van der Waals surface area (Å²) in [5, 5.41) is 13.6. The zero-order valence-electron chi connectivity index (χ0n) is 10.2. The third kappa shape index (κ3) is 2.65. The lowest BCUT2D eigenvalue weighted by Gasteiger charge is -2.00. The van der Waals surface area contributed by atoms with Crippen molar-refractivity contribution in [1.29, 1.82) is 0 Å². The summed E-state index contributed by atoms with van der Waals surface area (Å²) in [5.74, 6) is 0. The van der Waals surface area contributed by atoms with Crippen LogP contribution < -0.4 is 5.32 Å². The molecule has 0 radical (unpaired) electrons. The van der Waals surface area contributed by atoms with Crippen LogP contribution in [0.25, 0.3) is 11.0 Å². The van der Waals surface area contributed by atoms with Gasteiger partial charge in [-0.25, -0.2) is 4.98 Å². The Labute approximate surface area is 101 Å². The molecule has 2 aromatic rings. The fourth-order valence-electron chi connectivity index (χ4n) is 2.01. The first-order valence-electron chi connectivity index (χ1n) is 6.11. The van der Waals surface area contributed by atoms with E-state index in [0.717, 1.165) is 25.2 Å². The van der Waals surface area contributed by atoms with Crippen molar-refractivity contribution < 1.29 is 5.11 Å². The van der Waals surface area contributed by atoms with E-state index in [-0.39, 0.29) is 6.61 Å². The van der Waals surface area contributed by atoms with Gasteiger partial charge in [0, 0.05) is 30.9 Å². The fraction of sp³-hybridized carbons (Fsp3) is 0.462. The van der Waals surface area contributed by atoms with Crippen molar-refractivity contribution in [3.63, 3.8) is 0 Å². The van der Waals surface area contributed by atoms with Gasteiger partial charge in [-0.1, -0.05) is 6.92 Å². The van der Waals surface area contributed by atoms with Crippen LogP contribution in [0.5, 0.6) is 0 Å². The van der Waals surface area contributed by atoms with Crippen molar-refractivity contribution in [3.05, 3.63) is 30.1 Å². The van der Waals surface area contributed by atoms with E-state index in [2.05, 4.69) is 29.5 Å². The van der Waals surface area contributed by atoms with Crippen LogP contribution in [0.4, 0.5) is 0 Å². The molecule has 0 fully saturated rings. The van der Waals surface area contributed by atoms with Gasteiger partial charge < -0.3 is 15.0 Å². The lowest BCUT2D eigenvalue weighted by Crippen LogP contribution is -2.13. The van der Waals surface area contributed by atoms with E-state index in [0.29, 0.717) is 6.54 Å². The Morgan fingerprint density at radius 1 is 1.47 bits per heavy atom. The van der Waals surface area contributed by atoms with E-state index in [1.54, 1.807) is 6.20 Å². The van der Waals surface area contributed by atoms with Crippen molar-refractivity contribution in [3.8, 4) is 0 Å². The highest BCUT2D eigenvalue weighted by molar-refractivity contribution is 5.80. The molecule has 2 heterocycles. The average Bonchev–Trinajstić information content (AvgIpc) is 2.70. The number of rotatable bonds is 6. The third-order valence-corrected chi connectivity index (χ3v) is 2.80. The molecular weight excluding hydrogens is 214 g/mol. The van der Waals surface area contributed by atoms with Gasteiger partial charge in [0.25, 0.3) is 0 Å². The molecule has 2 rings (SSSR count). The molecule has 0 aliphatic carbocycles. The number of aliphatic hydroxyl groups is 1. The van der Waals surface area contributed by atoms with E-state index < -0.39 is 0 Å². The van der Waals surface area contributed by atoms with Gasteiger partial charge in [0.2, 0.25) is 0 Å². The zero-order valence-corrected chi connectivity index (χ0v) is 10.2. The van der Waals surface area contributed by atoms with Crippen LogP contribution in [0.3, 0.4) is 0 Å². The summed E-state index contributed by atoms with van der Waals surface area (Å²) in [4.78, 5) is 4.37. The van der Waals surface area contributed by atoms with Crippen molar-refractivity contribution in [2.45, 2.75) is 26.4 Å². The van der Waals surface area contributed by atoms with E-state index in [4.69, 9.17) is 5.11 Å². The van der Waals surface area contributed by atoms with Gasteiger partial charge in [-0.3, -0.25) is 0 Å². The second kappa shape index (κ2) is 5.80. The average molecular weight is 233 g/mol. The highest BCUT2D eigenvalue weighted by Gasteiger charge is 2.07. The first kappa shape index (κ1) is 12.1. The van der Waals surface area contributed by atoms with E-state index in [1.165, 1.54) is 10.9 Å². The van der Waals surface area contributed by atoms with Gasteiger partial charge >= 0.3 is 0 Å². The Morgan fingerprint density at radius 3 is 3.12 bits per heavy atom. The maximum absolute atomic E-state index is 9.04. The number of pyridine rings is 1. The molecule has 0 unspecified atom stereocenters. The predicted octanol–water partition coefficient (Wildman–Crippen LogP) is 1.53. The predicted molar refractivity (Wildman–Crippen MR) is 68.8 cm³/mol. The van der Waals surface area contributed by atoms with Gasteiger partial charge in [0.05, 0.1) is 6.61 Å². The molecule has 4 heteroatoms. The SMILES string of the molecule is CCCNCc1cn(CCO)c2ncccc12. The third-order valence-electron chi connectivity index (χ3n) is 2.80. The summed E-state index contributed by atoms with van der Waals surface area (Å²) in [6, 6.07) is 4.04. The van der Waals surface area contributed by atoms with Crippen LogP contribution in [0.1, 0.15) is 18.9 Å². The Bertz CT molecular complexity index is 478. The molecule has 0 amide bonds. The molecule has 0 atom stereocenters. The van der Waals surface area contributed by atoms with Gasteiger partial charge in [-0.05, 0) is 30.7 Å². The van der Waals surface area contributed by atoms with Crippen molar-refractivity contribution in [1.82, 2.24) is 14.9 Å². The minimum absolute atomic E-state index is 0.141. The monoisotopic (exact) mass is 233 g/mol. The Hall–Kier alpha value is -1.39. The molecule has 0 aromatic carbocycles. The molecule has 4 nitrogen and oxygen atoms in total. The topological polar surface area (TPSA) is 50.1 Å².